The molecule has 6 nitrogen and oxygen atoms in total. The Balaban J connectivity index is 1.50. The van der Waals surface area contributed by atoms with Crippen LogP contribution in [0.15, 0.2) is 11.6 Å². The van der Waals surface area contributed by atoms with Crippen LogP contribution in [0.4, 0.5) is 0 Å². The Kier molecular flexibility index (Phi) is 8.00. The third-order valence-corrected chi connectivity index (χ3v) is 14.5. The number of carbonyl (C=O) groups excluding carboxylic acids is 2. The second kappa shape index (κ2) is 10.6. The Bertz CT molecular complexity index is 1140. The summed E-state index contributed by atoms with van der Waals surface area (Å²) in [5.74, 6) is 1.01. The summed E-state index contributed by atoms with van der Waals surface area (Å²) in [6, 6.07) is 0. The Morgan fingerprint density at radius 1 is 0.952 bits per heavy atom. The third-order valence-electron chi connectivity index (χ3n) is 14.5. The van der Waals surface area contributed by atoms with E-state index in [0.717, 1.165) is 64.2 Å². The molecule has 0 aromatic heterocycles. The second-order valence-corrected chi connectivity index (χ2v) is 16.5. The first-order chi connectivity index (χ1) is 19.6. The van der Waals surface area contributed by atoms with Gasteiger partial charge in [-0.1, -0.05) is 67.0 Å². The van der Waals surface area contributed by atoms with E-state index in [-0.39, 0.29) is 52.1 Å². The maximum absolute atomic E-state index is 13.9. The summed E-state index contributed by atoms with van der Waals surface area (Å²) in [5, 5.41) is 12.2. The summed E-state index contributed by atoms with van der Waals surface area (Å²) in [6.45, 7) is 18.7. The molecule has 5 rings (SSSR count). The minimum absolute atomic E-state index is 0.00500. The van der Waals surface area contributed by atoms with Crippen molar-refractivity contribution >= 4 is 17.8 Å². The van der Waals surface area contributed by atoms with E-state index in [4.69, 9.17) is 4.74 Å². The number of hydrogen-bond acceptors (Lipinski definition) is 4. The molecule has 0 saturated heterocycles. The molecule has 3 unspecified atom stereocenters. The van der Waals surface area contributed by atoms with Crippen LogP contribution in [0.5, 0.6) is 0 Å². The molecule has 4 saturated carbocycles. The summed E-state index contributed by atoms with van der Waals surface area (Å²) in [4.78, 5) is 37.8. The summed E-state index contributed by atoms with van der Waals surface area (Å²) >= 11 is 0. The first kappa shape index (κ1) is 31.6. The van der Waals surface area contributed by atoms with Crippen LogP contribution in [0.25, 0.3) is 0 Å². The van der Waals surface area contributed by atoms with Gasteiger partial charge in [0.2, 0.25) is 5.91 Å². The van der Waals surface area contributed by atoms with E-state index in [1.54, 1.807) is 0 Å². The van der Waals surface area contributed by atoms with Gasteiger partial charge in [0.15, 0.2) is 0 Å². The van der Waals surface area contributed by atoms with Crippen LogP contribution in [-0.4, -0.2) is 35.6 Å². The second-order valence-electron chi connectivity index (χ2n) is 16.5. The van der Waals surface area contributed by atoms with Gasteiger partial charge in [-0.25, -0.2) is 0 Å². The van der Waals surface area contributed by atoms with Gasteiger partial charge in [0.1, 0.15) is 12.6 Å². The van der Waals surface area contributed by atoms with Crippen molar-refractivity contribution < 1.29 is 24.2 Å². The molecule has 42 heavy (non-hydrogen) atoms. The first-order valence-corrected chi connectivity index (χ1v) is 17.0. The van der Waals surface area contributed by atoms with Gasteiger partial charge >= 0.3 is 11.9 Å². The lowest BCUT2D eigenvalue weighted by atomic mass is 9.33. The molecule has 0 aromatic carbocycles. The van der Waals surface area contributed by atoms with E-state index in [1.165, 1.54) is 5.57 Å². The minimum atomic E-state index is -0.982. The largest absolute Gasteiger partial charge is 0.480 e. The quantitative estimate of drug-likeness (QED) is 0.249. The molecule has 0 bridgehead atoms. The molecule has 10 atom stereocenters. The van der Waals surface area contributed by atoms with Gasteiger partial charge in [-0.3, -0.25) is 14.4 Å². The van der Waals surface area contributed by atoms with Gasteiger partial charge in [0.25, 0.3) is 0 Å². The molecular formula is C36H57NO5. The maximum Gasteiger partial charge on any atom is 0.322 e. The number of rotatable bonds is 6. The summed E-state index contributed by atoms with van der Waals surface area (Å²) in [7, 11) is 0. The molecule has 0 radical (unpaired) electrons. The predicted octanol–water partition coefficient (Wildman–Crippen LogP) is 7.56. The minimum Gasteiger partial charge on any atom is -0.480 e. The lowest BCUT2D eigenvalue weighted by Gasteiger charge is -2.71. The summed E-state index contributed by atoms with van der Waals surface area (Å²) in [5.41, 5.74) is 1.20. The number of aliphatic carboxylic acids is 1. The Morgan fingerprint density at radius 2 is 1.67 bits per heavy atom. The highest BCUT2D eigenvalue weighted by atomic mass is 16.5. The fourth-order valence-electron chi connectivity index (χ4n) is 11.8. The maximum atomic E-state index is 13.9. The zero-order valence-corrected chi connectivity index (χ0v) is 27.6. The summed E-state index contributed by atoms with van der Waals surface area (Å²) < 4.78 is 6.13. The molecule has 0 aliphatic heterocycles. The predicted molar refractivity (Wildman–Crippen MR) is 164 cm³/mol. The number of esters is 1. The van der Waals surface area contributed by atoms with Crippen molar-refractivity contribution in [3.8, 4) is 0 Å². The highest BCUT2D eigenvalue weighted by Crippen LogP contribution is 2.75. The molecule has 5 aliphatic carbocycles. The first-order valence-electron chi connectivity index (χ1n) is 17.0. The van der Waals surface area contributed by atoms with Crippen molar-refractivity contribution in [3.63, 3.8) is 0 Å². The van der Waals surface area contributed by atoms with Gasteiger partial charge in [-0.2, -0.15) is 0 Å². The number of amides is 1. The van der Waals surface area contributed by atoms with Crippen LogP contribution in [0.1, 0.15) is 126 Å². The van der Waals surface area contributed by atoms with E-state index in [2.05, 4.69) is 59.9 Å². The monoisotopic (exact) mass is 583 g/mol. The van der Waals surface area contributed by atoms with Crippen LogP contribution >= 0.6 is 0 Å². The Morgan fingerprint density at radius 3 is 2.33 bits per heavy atom. The molecule has 2 N–H and O–H groups in total. The van der Waals surface area contributed by atoms with E-state index in [0.29, 0.717) is 30.1 Å². The standard InChI is InChI=1S/C36H57NO5/c1-9-10-29(40)42-27-15-16-33(6)25(32(27,4)5)14-17-35(8)26(33)12-11-24-30-23(3)22(2)13-18-36(30,20-19-34(24,35)7)31(41)37-21-28(38)39/h11,22-23,25-27,30H,9-10,12-21H2,1-8H3,(H,37,41)(H,38,39)/t22-,23+,25?,26?,27-,30?,33+,34-,35-,36+/m1/s1. The van der Waals surface area contributed by atoms with Crippen LogP contribution < -0.4 is 5.32 Å². The van der Waals surface area contributed by atoms with Crippen LogP contribution in [0.2, 0.25) is 0 Å². The zero-order valence-electron chi connectivity index (χ0n) is 27.6. The molecule has 236 valence electrons. The average Bonchev–Trinajstić information content (AvgIpc) is 2.91. The third kappa shape index (κ3) is 4.42. The average molecular weight is 584 g/mol. The van der Waals surface area contributed by atoms with Gasteiger partial charge in [-0.15, -0.1) is 0 Å². The number of nitrogens with one attached hydrogen (secondary N) is 1. The lowest BCUT2D eigenvalue weighted by Crippen LogP contribution is -2.66. The van der Waals surface area contributed by atoms with Crippen LogP contribution in [0, 0.1) is 56.7 Å². The lowest BCUT2D eigenvalue weighted by molar-refractivity contribution is -0.213. The molecule has 6 heteroatoms. The Hall–Kier alpha value is -1.85. The SMILES string of the molecule is CCCC(=O)O[C@@H]1CC[C@@]2(C)C(CC[C@]3(C)C2CC=C2C4[C@@H](C)[C@H](C)CC[C@]4(C(=O)NCC(=O)O)CC[C@]23C)C1(C)C. The zero-order chi connectivity index (χ0) is 30.9. The number of fused-ring (bicyclic) bond motifs is 7. The van der Waals surface area contributed by atoms with Crippen LogP contribution in [-0.2, 0) is 19.1 Å². The number of carboxylic acids is 1. The fraction of sp³-hybridized carbons (Fsp3) is 0.861. The van der Waals surface area contributed by atoms with Crippen LogP contribution in [0.3, 0.4) is 0 Å². The van der Waals surface area contributed by atoms with Crippen molar-refractivity contribution in [2.24, 2.45) is 56.7 Å². The molecule has 5 aliphatic rings. The smallest absolute Gasteiger partial charge is 0.322 e. The normalized spacial score (nSPS) is 45.7. The van der Waals surface area contributed by atoms with Crippen molar-refractivity contribution in [1.82, 2.24) is 5.32 Å². The molecule has 0 spiro atoms. The fourth-order valence-corrected chi connectivity index (χ4v) is 11.8. The van der Waals surface area contributed by atoms with Gasteiger partial charge in [0.05, 0.1) is 5.41 Å². The highest BCUT2D eigenvalue weighted by Gasteiger charge is 2.69. The van der Waals surface area contributed by atoms with E-state index >= 15 is 0 Å². The number of hydrogen-bond donors (Lipinski definition) is 2. The molecule has 0 aromatic rings. The van der Waals surface area contributed by atoms with Gasteiger partial charge < -0.3 is 15.2 Å². The van der Waals surface area contributed by atoms with Gasteiger partial charge in [0, 0.05) is 11.8 Å². The van der Waals surface area contributed by atoms with E-state index < -0.39 is 11.4 Å². The van der Waals surface area contributed by atoms with E-state index in [9.17, 15) is 19.5 Å². The molecule has 1 amide bonds. The highest BCUT2D eigenvalue weighted by molar-refractivity contribution is 5.87. The van der Waals surface area contributed by atoms with Crippen molar-refractivity contribution in [3.05, 3.63) is 11.6 Å². The van der Waals surface area contributed by atoms with Crippen molar-refractivity contribution in [2.45, 2.75) is 132 Å². The molecule has 0 heterocycles. The molecular weight excluding hydrogens is 526 g/mol. The topological polar surface area (TPSA) is 92.7 Å². The van der Waals surface area contributed by atoms with Crippen molar-refractivity contribution in [2.75, 3.05) is 6.54 Å². The Labute approximate surface area is 254 Å². The number of ether oxygens (including phenoxy) is 1. The number of carboxylic acid groups (broad SMARTS) is 1. The number of allylic oxidation sites excluding steroid dienone is 2. The van der Waals surface area contributed by atoms with Gasteiger partial charge in [-0.05, 0) is 110 Å². The molecule has 4 fully saturated rings. The number of carbonyl (C=O) groups is 3. The summed E-state index contributed by atoms with van der Waals surface area (Å²) in [6.07, 6.45) is 12.9. The van der Waals surface area contributed by atoms with E-state index in [1.807, 2.05) is 6.92 Å². The van der Waals surface area contributed by atoms with Crippen molar-refractivity contribution in [1.29, 1.82) is 0 Å².